The fraction of sp³-hybridized carbons (Fsp3) is 0.467. The van der Waals surface area contributed by atoms with E-state index in [-0.39, 0.29) is 13.0 Å². The van der Waals surface area contributed by atoms with Gasteiger partial charge < -0.3 is 10.1 Å². The number of hydrogen-bond donors (Lipinski definition) is 1. The second-order valence-corrected chi connectivity index (χ2v) is 5.76. The van der Waals surface area contributed by atoms with Crippen molar-refractivity contribution in [3.05, 3.63) is 23.3 Å². The van der Waals surface area contributed by atoms with Gasteiger partial charge in [0.05, 0.1) is 6.42 Å². The van der Waals surface area contributed by atoms with Crippen LogP contribution >= 0.6 is 0 Å². The van der Waals surface area contributed by atoms with Gasteiger partial charge in [0.15, 0.2) is 6.10 Å². The van der Waals surface area contributed by atoms with Crippen LogP contribution in [0.3, 0.4) is 0 Å². The zero-order valence-corrected chi connectivity index (χ0v) is 14.1. The Kier molecular flexibility index (Phi) is 4.34. The SMILES string of the molecule is Cc1nc2ncnn2c(C)c1CC(=O)O[C@@H](C)C(=O)N1CCNC1=O. The molecule has 0 radical (unpaired) electrons. The molecule has 1 aliphatic rings. The van der Waals surface area contributed by atoms with Crippen molar-refractivity contribution < 1.29 is 19.1 Å². The van der Waals surface area contributed by atoms with Crippen LogP contribution in [0, 0.1) is 13.8 Å². The first-order chi connectivity index (χ1) is 11.9. The number of amides is 3. The van der Waals surface area contributed by atoms with Crippen LogP contribution in [0.1, 0.15) is 23.9 Å². The minimum absolute atomic E-state index is 0.0513. The molecule has 2 aromatic rings. The summed E-state index contributed by atoms with van der Waals surface area (Å²) in [5, 5.41) is 6.59. The molecule has 0 aromatic carbocycles. The van der Waals surface area contributed by atoms with Crippen LogP contribution in [-0.2, 0) is 20.7 Å². The molecule has 3 rings (SSSR count). The van der Waals surface area contributed by atoms with Crippen molar-refractivity contribution >= 4 is 23.7 Å². The Bertz CT molecular complexity index is 861. The Morgan fingerprint density at radius 2 is 2.16 bits per heavy atom. The summed E-state index contributed by atoms with van der Waals surface area (Å²) in [6.07, 6.45) is 0.295. The fourth-order valence-corrected chi connectivity index (χ4v) is 2.75. The molecule has 1 saturated heterocycles. The zero-order valence-electron chi connectivity index (χ0n) is 14.1. The molecule has 25 heavy (non-hydrogen) atoms. The van der Waals surface area contributed by atoms with E-state index in [2.05, 4.69) is 20.4 Å². The van der Waals surface area contributed by atoms with Crippen molar-refractivity contribution in [2.45, 2.75) is 33.3 Å². The van der Waals surface area contributed by atoms with Gasteiger partial charge in [0.1, 0.15) is 6.33 Å². The van der Waals surface area contributed by atoms with E-state index in [0.29, 0.717) is 23.6 Å². The van der Waals surface area contributed by atoms with Crippen molar-refractivity contribution in [3.63, 3.8) is 0 Å². The molecule has 2 aromatic heterocycles. The molecule has 132 valence electrons. The molecule has 3 heterocycles. The van der Waals surface area contributed by atoms with E-state index in [9.17, 15) is 14.4 Å². The van der Waals surface area contributed by atoms with Gasteiger partial charge in [-0.1, -0.05) is 0 Å². The standard InChI is InChI=1S/C15H18N6O4/c1-8-11(9(2)21-14(19-8)17-7-18-21)6-12(22)25-10(3)13(23)20-5-4-16-15(20)24/h7,10H,4-6H2,1-3H3,(H,16,24)/t10-/m0/s1. The Balaban J connectivity index is 1.70. The molecule has 10 heteroatoms. The Hall–Kier alpha value is -3.04. The number of hydrogen-bond acceptors (Lipinski definition) is 7. The van der Waals surface area contributed by atoms with E-state index in [4.69, 9.17) is 4.74 Å². The van der Waals surface area contributed by atoms with Crippen LogP contribution in [0.25, 0.3) is 5.78 Å². The summed E-state index contributed by atoms with van der Waals surface area (Å²) in [5.74, 6) is -0.662. The van der Waals surface area contributed by atoms with Crippen LogP contribution in [0.15, 0.2) is 6.33 Å². The summed E-state index contributed by atoms with van der Waals surface area (Å²) < 4.78 is 6.74. The van der Waals surface area contributed by atoms with Crippen molar-refractivity contribution in [1.29, 1.82) is 0 Å². The average molecular weight is 346 g/mol. The van der Waals surface area contributed by atoms with Crippen molar-refractivity contribution in [2.24, 2.45) is 0 Å². The second kappa shape index (κ2) is 6.46. The largest absolute Gasteiger partial charge is 0.452 e. The highest BCUT2D eigenvalue weighted by Gasteiger charge is 2.31. The van der Waals surface area contributed by atoms with Gasteiger partial charge in [-0.2, -0.15) is 10.1 Å². The number of ether oxygens (including phenoxy) is 1. The first kappa shape index (κ1) is 16.8. The minimum atomic E-state index is -1.04. The fourth-order valence-electron chi connectivity index (χ4n) is 2.75. The van der Waals surface area contributed by atoms with E-state index in [1.54, 1.807) is 11.4 Å². The molecule has 0 unspecified atom stereocenters. The number of carbonyl (C=O) groups excluding carboxylic acids is 3. The molecular weight excluding hydrogens is 328 g/mol. The molecule has 1 fully saturated rings. The third kappa shape index (κ3) is 3.14. The minimum Gasteiger partial charge on any atom is -0.452 e. The molecule has 1 atom stereocenters. The van der Waals surface area contributed by atoms with Crippen LogP contribution in [-0.4, -0.2) is 61.6 Å². The summed E-state index contributed by atoms with van der Waals surface area (Å²) in [4.78, 5) is 45.3. The van der Waals surface area contributed by atoms with Crippen LogP contribution in [0.2, 0.25) is 0 Å². The highest BCUT2D eigenvalue weighted by Crippen LogP contribution is 2.15. The monoisotopic (exact) mass is 346 g/mol. The quantitative estimate of drug-likeness (QED) is 0.759. The van der Waals surface area contributed by atoms with Crippen LogP contribution in [0.4, 0.5) is 4.79 Å². The number of nitrogens with zero attached hydrogens (tertiary/aromatic N) is 5. The third-order valence-electron chi connectivity index (χ3n) is 4.09. The number of imide groups is 1. The molecule has 0 spiro atoms. The second-order valence-electron chi connectivity index (χ2n) is 5.76. The number of urea groups is 1. The van der Waals surface area contributed by atoms with Crippen LogP contribution in [0.5, 0.6) is 0 Å². The van der Waals surface area contributed by atoms with Crippen LogP contribution < -0.4 is 5.32 Å². The van der Waals surface area contributed by atoms with E-state index < -0.39 is 24.0 Å². The number of carbonyl (C=O) groups is 3. The Morgan fingerprint density at radius 3 is 2.84 bits per heavy atom. The lowest BCUT2D eigenvalue weighted by atomic mass is 10.1. The number of esters is 1. The average Bonchev–Trinajstić information content (AvgIpc) is 3.19. The van der Waals surface area contributed by atoms with Crippen molar-refractivity contribution in [3.8, 4) is 0 Å². The molecule has 1 aliphatic heterocycles. The molecule has 0 aliphatic carbocycles. The van der Waals surface area contributed by atoms with Gasteiger partial charge in [0.25, 0.3) is 11.7 Å². The number of fused-ring (bicyclic) bond motifs is 1. The highest BCUT2D eigenvalue weighted by atomic mass is 16.5. The van der Waals surface area contributed by atoms with E-state index in [1.165, 1.54) is 13.3 Å². The zero-order chi connectivity index (χ0) is 18.1. The maximum atomic E-state index is 12.2. The molecule has 0 saturated carbocycles. The van der Waals surface area contributed by atoms with E-state index in [1.807, 2.05) is 6.92 Å². The number of aryl methyl sites for hydroxylation is 2. The molecular formula is C15H18N6O4. The summed E-state index contributed by atoms with van der Waals surface area (Å²) >= 11 is 0. The van der Waals surface area contributed by atoms with Gasteiger partial charge in [0, 0.05) is 30.0 Å². The maximum absolute atomic E-state index is 12.2. The molecule has 0 bridgehead atoms. The predicted octanol–water partition coefficient (Wildman–Crippen LogP) is -0.233. The number of nitrogens with one attached hydrogen (secondary N) is 1. The maximum Gasteiger partial charge on any atom is 0.324 e. The van der Waals surface area contributed by atoms with Crippen molar-refractivity contribution in [1.82, 2.24) is 29.8 Å². The molecule has 1 N–H and O–H groups in total. The molecule has 3 amide bonds. The lowest BCUT2D eigenvalue weighted by molar-refractivity contribution is -0.156. The number of rotatable bonds is 4. The lowest BCUT2D eigenvalue weighted by Crippen LogP contribution is -2.42. The third-order valence-corrected chi connectivity index (χ3v) is 4.09. The summed E-state index contributed by atoms with van der Waals surface area (Å²) in [5.41, 5.74) is 2.05. The highest BCUT2D eigenvalue weighted by molar-refractivity contribution is 5.98. The summed E-state index contributed by atoms with van der Waals surface area (Å²) in [6.45, 7) is 5.69. The topological polar surface area (TPSA) is 119 Å². The Morgan fingerprint density at radius 1 is 1.40 bits per heavy atom. The van der Waals surface area contributed by atoms with Gasteiger partial charge >= 0.3 is 12.0 Å². The summed E-state index contributed by atoms with van der Waals surface area (Å²) in [7, 11) is 0. The van der Waals surface area contributed by atoms with E-state index >= 15 is 0 Å². The number of aromatic nitrogens is 4. The summed E-state index contributed by atoms with van der Waals surface area (Å²) in [6, 6.07) is -0.472. The van der Waals surface area contributed by atoms with Gasteiger partial charge in [0.2, 0.25) is 0 Å². The van der Waals surface area contributed by atoms with Crippen molar-refractivity contribution in [2.75, 3.05) is 13.1 Å². The first-order valence-electron chi connectivity index (χ1n) is 7.83. The van der Waals surface area contributed by atoms with E-state index in [0.717, 1.165) is 10.6 Å². The predicted molar refractivity (Wildman–Crippen MR) is 84.6 cm³/mol. The van der Waals surface area contributed by atoms with Gasteiger partial charge in [-0.25, -0.2) is 14.3 Å². The van der Waals surface area contributed by atoms with Gasteiger partial charge in [-0.3, -0.25) is 14.5 Å². The Labute approximate surface area is 143 Å². The van der Waals surface area contributed by atoms with Gasteiger partial charge in [-0.05, 0) is 20.8 Å². The normalized spacial score (nSPS) is 15.3. The smallest absolute Gasteiger partial charge is 0.324 e. The first-order valence-corrected chi connectivity index (χ1v) is 7.83. The lowest BCUT2D eigenvalue weighted by Gasteiger charge is -2.18. The van der Waals surface area contributed by atoms with Gasteiger partial charge in [-0.15, -0.1) is 0 Å². The molecule has 10 nitrogen and oxygen atoms in total.